The molecule has 0 radical (unpaired) electrons. The van der Waals surface area contributed by atoms with Gasteiger partial charge >= 0.3 is 22.5 Å². The Balaban J connectivity index is 1.82. The van der Waals surface area contributed by atoms with Gasteiger partial charge in [-0.1, -0.05) is 30.3 Å². The van der Waals surface area contributed by atoms with E-state index in [1.54, 1.807) is 57.7 Å². The van der Waals surface area contributed by atoms with Crippen LogP contribution in [0.25, 0.3) is 10.9 Å². The Morgan fingerprint density at radius 3 is 1.83 bits per heavy atom. The Morgan fingerprint density at radius 1 is 0.742 bits per heavy atom. The van der Waals surface area contributed by atoms with E-state index in [1.165, 1.54) is 47.8 Å². The van der Waals surface area contributed by atoms with E-state index in [2.05, 4.69) is 41.1 Å². The number of H-pyrrole nitrogens is 1. The highest BCUT2D eigenvalue weighted by molar-refractivity contribution is 7.98. The van der Waals surface area contributed by atoms with Crippen LogP contribution in [0.5, 0.6) is 5.75 Å². The van der Waals surface area contributed by atoms with Crippen molar-refractivity contribution in [2.45, 2.75) is 88.7 Å². The number of benzene rings is 2. The number of rotatable bonds is 26. The SMILES string of the molecule is CSCC[C@H](NC(=O)[C@H](Cc1ccc(OS(=O)(=O)O)cc1)NC(=O)OC(C)(C)C)C(=O)NCC(=O)N[C@@H](Cc1c[nH]c2ccccc12)C(=O)N[C@@H](CCSC)C(=O)N[C@@H](CC(=O)O)C(N)=O. The van der Waals surface area contributed by atoms with Gasteiger partial charge in [-0.15, -0.1) is 0 Å². The van der Waals surface area contributed by atoms with Gasteiger partial charge in [0.2, 0.25) is 35.4 Å². The molecule has 2 aromatic carbocycles. The Hall–Kier alpha value is -6.05. The number of fused-ring (bicyclic) bond motifs is 1. The molecule has 22 nitrogen and oxygen atoms in total. The molecule has 0 aliphatic rings. The molecule has 0 saturated heterocycles. The average molecular weight is 981 g/mol. The zero-order chi connectivity index (χ0) is 49.2. The van der Waals surface area contributed by atoms with Gasteiger partial charge < -0.3 is 56.6 Å². The standard InChI is InChI=1S/C41H56N8O14S3/c1-41(2,3)62-40(58)49-31(18-23-10-12-25(13-11-23)63-66(59,60)61)38(56)46-28(14-16-64-4)36(54)44-22-33(50)45-32(19-24-21-43-27-9-7-6-8-26(24)27)39(57)47-29(15-17-65-5)37(55)48-30(35(42)53)20-34(51)52/h6-13,21,28-32,43H,14-20,22H2,1-5H3,(H2,42,53)(H,44,54)(H,45,50)(H,46,56)(H,47,57)(H,48,55)(H,49,58)(H,51,52)(H,59,60,61)/t28-,29-,30-,31-,32-/m0/s1. The number of primary amides is 1. The minimum Gasteiger partial charge on any atom is -0.481 e. The van der Waals surface area contributed by atoms with Gasteiger partial charge in [-0.2, -0.15) is 31.9 Å². The number of amides is 7. The molecule has 3 rings (SSSR count). The minimum atomic E-state index is -4.81. The summed E-state index contributed by atoms with van der Waals surface area (Å²) >= 11 is 2.72. The quantitative estimate of drug-likeness (QED) is 0.0491. The Morgan fingerprint density at radius 2 is 1.29 bits per heavy atom. The van der Waals surface area contributed by atoms with Crippen molar-refractivity contribution in [2.24, 2.45) is 5.73 Å². The first kappa shape index (κ1) is 54.3. The topological polar surface area (TPSA) is 344 Å². The third-order valence-corrected chi connectivity index (χ3v) is 11.0. The van der Waals surface area contributed by atoms with Crippen LogP contribution < -0.4 is 41.8 Å². The van der Waals surface area contributed by atoms with Crippen LogP contribution in [0, 0.1) is 0 Å². The van der Waals surface area contributed by atoms with E-state index in [4.69, 9.17) is 15.0 Å². The molecule has 362 valence electrons. The molecular weight excluding hydrogens is 925 g/mol. The van der Waals surface area contributed by atoms with Crippen LogP contribution in [0.1, 0.15) is 51.2 Å². The first-order valence-electron chi connectivity index (χ1n) is 20.3. The van der Waals surface area contributed by atoms with Gasteiger partial charge in [-0.25, -0.2) is 4.79 Å². The molecule has 0 aliphatic carbocycles. The number of carbonyl (C=O) groups excluding carboxylic acids is 7. The summed E-state index contributed by atoms with van der Waals surface area (Å²) in [5.41, 5.74) is 6.14. The number of nitrogens with two attached hydrogens (primary N) is 1. The summed E-state index contributed by atoms with van der Waals surface area (Å²) in [6.07, 6.45) is 3.29. The lowest BCUT2D eigenvalue weighted by molar-refractivity contribution is -0.140. The Bertz CT molecular complexity index is 2300. The second-order valence-electron chi connectivity index (χ2n) is 15.7. The summed E-state index contributed by atoms with van der Waals surface area (Å²) in [5.74, 6) is -6.11. The Labute approximate surface area is 389 Å². The monoisotopic (exact) mass is 980 g/mol. The Kier molecular flexibility index (Phi) is 21.0. The summed E-state index contributed by atoms with van der Waals surface area (Å²) in [7, 11) is -4.81. The number of alkyl carbamates (subject to hydrolysis) is 1. The number of aromatic nitrogens is 1. The van der Waals surface area contributed by atoms with Gasteiger partial charge in [0.15, 0.2) is 0 Å². The third-order valence-electron chi connectivity index (χ3n) is 9.27. The maximum atomic E-state index is 14.0. The summed E-state index contributed by atoms with van der Waals surface area (Å²) in [4.78, 5) is 108. The number of carboxylic acids is 1. The fourth-order valence-corrected chi connectivity index (χ4v) is 7.48. The van der Waals surface area contributed by atoms with Crippen molar-refractivity contribution < 1.29 is 65.4 Å². The summed E-state index contributed by atoms with van der Waals surface area (Å²) in [5, 5.41) is 25.0. The number of thioether (sulfide) groups is 2. The number of ether oxygens (including phenoxy) is 1. The van der Waals surface area contributed by atoms with Crippen LogP contribution in [-0.4, -0.2) is 137 Å². The second kappa shape index (κ2) is 25.6. The van der Waals surface area contributed by atoms with Gasteiger partial charge in [0.05, 0.1) is 13.0 Å². The van der Waals surface area contributed by atoms with Crippen LogP contribution in [0.15, 0.2) is 54.7 Å². The van der Waals surface area contributed by atoms with E-state index >= 15 is 0 Å². The lowest BCUT2D eigenvalue weighted by Gasteiger charge is -2.26. The number of aromatic amines is 1. The van der Waals surface area contributed by atoms with Crippen molar-refractivity contribution >= 4 is 92.3 Å². The average Bonchev–Trinajstić information content (AvgIpc) is 3.63. The second-order valence-corrected chi connectivity index (χ2v) is 18.7. The minimum absolute atomic E-state index is 0.0523. The molecule has 0 aliphatic heterocycles. The van der Waals surface area contributed by atoms with Crippen LogP contribution in [-0.2, 0) is 61.5 Å². The highest BCUT2D eigenvalue weighted by Crippen LogP contribution is 2.20. The lowest BCUT2D eigenvalue weighted by Crippen LogP contribution is -2.58. The molecule has 0 spiro atoms. The fourth-order valence-electron chi connectivity index (χ4n) is 6.19. The number of hydrogen-bond donors (Lipinski definition) is 10. The van der Waals surface area contributed by atoms with Crippen molar-refractivity contribution in [3.63, 3.8) is 0 Å². The molecular formula is C41H56N8O14S3. The molecule has 7 amide bonds. The van der Waals surface area contributed by atoms with E-state index < -0.39 is 107 Å². The van der Waals surface area contributed by atoms with Crippen LogP contribution in [0.3, 0.4) is 0 Å². The predicted octanol–water partition coefficient (Wildman–Crippen LogP) is 0.550. The number of carboxylic acid groups (broad SMARTS) is 1. The zero-order valence-corrected chi connectivity index (χ0v) is 39.3. The van der Waals surface area contributed by atoms with E-state index in [1.807, 2.05) is 6.07 Å². The third kappa shape index (κ3) is 19.2. The predicted molar refractivity (Wildman–Crippen MR) is 246 cm³/mol. The largest absolute Gasteiger partial charge is 0.481 e. The first-order chi connectivity index (χ1) is 31.0. The van der Waals surface area contributed by atoms with Crippen LogP contribution >= 0.6 is 23.5 Å². The van der Waals surface area contributed by atoms with Crippen molar-refractivity contribution in [1.29, 1.82) is 0 Å². The van der Waals surface area contributed by atoms with E-state index in [9.17, 15) is 51.9 Å². The van der Waals surface area contributed by atoms with E-state index in [0.29, 0.717) is 22.6 Å². The van der Waals surface area contributed by atoms with Crippen molar-refractivity contribution in [2.75, 3.05) is 30.6 Å². The summed E-state index contributed by atoms with van der Waals surface area (Å²) in [6.45, 7) is 4.17. The lowest BCUT2D eigenvalue weighted by atomic mass is 10.0. The van der Waals surface area contributed by atoms with Crippen LogP contribution in [0.4, 0.5) is 4.79 Å². The normalized spacial score (nSPS) is 13.7. The first-order valence-corrected chi connectivity index (χ1v) is 24.4. The zero-order valence-electron chi connectivity index (χ0n) is 36.8. The van der Waals surface area contributed by atoms with E-state index in [0.717, 1.165) is 10.9 Å². The molecule has 1 heterocycles. The van der Waals surface area contributed by atoms with Crippen LogP contribution in [0.2, 0.25) is 0 Å². The number of aliphatic carboxylic acids is 1. The molecule has 0 saturated carbocycles. The number of carbonyl (C=O) groups is 8. The van der Waals surface area contributed by atoms with Crippen molar-refractivity contribution in [3.05, 3.63) is 65.9 Å². The van der Waals surface area contributed by atoms with E-state index in [-0.39, 0.29) is 31.4 Å². The molecule has 5 atom stereocenters. The van der Waals surface area contributed by atoms with Gasteiger partial charge in [-0.05, 0) is 87.0 Å². The molecule has 11 N–H and O–H groups in total. The summed E-state index contributed by atoms with van der Waals surface area (Å²) < 4.78 is 41.0. The smallest absolute Gasteiger partial charge is 0.446 e. The maximum Gasteiger partial charge on any atom is 0.446 e. The van der Waals surface area contributed by atoms with Gasteiger partial charge in [0.25, 0.3) is 0 Å². The summed E-state index contributed by atoms with van der Waals surface area (Å²) in [6, 6.07) is 5.62. The molecule has 0 fully saturated rings. The molecule has 66 heavy (non-hydrogen) atoms. The molecule has 0 unspecified atom stereocenters. The van der Waals surface area contributed by atoms with Crippen molar-refractivity contribution in [1.82, 2.24) is 36.9 Å². The van der Waals surface area contributed by atoms with Gasteiger partial charge in [0, 0.05) is 29.9 Å². The maximum absolute atomic E-state index is 14.0. The molecule has 3 aromatic rings. The molecule has 25 heteroatoms. The molecule has 0 bridgehead atoms. The molecule has 1 aromatic heterocycles. The van der Waals surface area contributed by atoms with Gasteiger partial charge in [0.1, 0.15) is 41.6 Å². The van der Waals surface area contributed by atoms with Crippen molar-refractivity contribution in [3.8, 4) is 5.75 Å². The number of nitrogens with one attached hydrogen (secondary N) is 7. The fraction of sp³-hybridized carbons (Fsp3) is 0.463. The number of hydrogen-bond acceptors (Lipinski definition) is 14. The highest BCUT2D eigenvalue weighted by Gasteiger charge is 2.32. The highest BCUT2D eigenvalue weighted by atomic mass is 32.3. The number of para-hydroxylation sites is 1. The van der Waals surface area contributed by atoms with Gasteiger partial charge in [-0.3, -0.25) is 38.1 Å².